The average molecular weight is 464 g/mol. The minimum absolute atomic E-state index is 0.135. The maximum atomic E-state index is 12.7. The first kappa shape index (κ1) is 23.1. The Bertz CT molecular complexity index is 1080. The molecule has 1 aliphatic heterocycles. The zero-order chi connectivity index (χ0) is 23.2. The molecule has 0 spiro atoms. The Labute approximate surface area is 198 Å². The molecule has 3 heterocycles. The minimum atomic E-state index is -0.769. The number of benzene rings is 1. The van der Waals surface area contributed by atoms with Gasteiger partial charge in [-0.05, 0) is 61.7 Å². The van der Waals surface area contributed by atoms with E-state index in [2.05, 4.69) is 39.6 Å². The van der Waals surface area contributed by atoms with E-state index in [-0.39, 0.29) is 17.9 Å². The highest BCUT2D eigenvalue weighted by Crippen LogP contribution is 2.20. The number of nitrogens with one attached hydrogen (secondary N) is 2. The standard InChI is InChI=1S/C25H29N5O2S/c1-17-2-7-22(33-17)16-30-14-10-21(11-15-30)29-25(32)23(26)18-3-5-19(6-4-18)24(31)28-20-8-12-27-13-9-20/h2-9,12-13,21,23H,10-11,14-16,26H2,1H3,(H,29,32)(H,27,28,31). The summed E-state index contributed by atoms with van der Waals surface area (Å²) >= 11 is 1.84. The number of piperidine rings is 1. The monoisotopic (exact) mass is 463 g/mol. The highest BCUT2D eigenvalue weighted by atomic mass is 32.1. The van der Waals surface area contributed by atoms with Crippen molar-refractivity contribution in [1.82, 2.24) is 15.2 Å². The Morgan fingerprint density at radius 1 is 1.09 bits per heavy atom. The van der Waals surface area contributed by atoms with Crippen LogP contribution in [0.3, 0.4) is 0 Å². The van der Waals surface area contributed by atoms with Crippen molar-refractivity contribution >= 4 is 28.8 Å². The molecule has 0 aliphatic carbocycles. The molecule has 4 N–H and O–H groups in total. The van der Waals surface area contributed by atoms with Gasteiger partial charge in [-0.3, -0.25) is 19.5 Å². The second-order valence-corrected chi connectivity index (χ2v) is 9.73. The topological polar surface area (TPSA) is 100 Å². The highest BCUT2D eigenvalue weighted by molar-refractivity contribution is 7.11. The van der Waals surface area contributed by atoms with Crippen molar-refractivity contribution in [3.63, 3.8) is 0 Å². The lowest BCUT2D eigenvalue weighted by Gasteiger charge is -2.32. The Hall–Kier alpha value is -3.07. The molecule has 1 saturated heterocycles. The molecule has 2 aromatic heterocycles. The fourth-order valence-electron chi connectivity index (χ4n) is 3.95. The first-order valence-electron chi connectivity index (χ1n) is 11.1. The van der Waals surface area contributed by atoms with Crippen LogP contribution in [0.4, 0.5) is 5.69 Å². The highest BCUT2D eigenvalue weighted by Gasteiger charge is 2.24. The summed E-state index contributed by atoms with van der Waals surface area (Å²) in [6.07, 6.45) is 5.06. The van der Waals surface area contributed by atoms with E-state index >= 15 is 0 Å². The molecule has 1 atom stereocenters. The number of aromatic nitrogens is 1. The Balaban J connectivity index is 1.25. The predicted octanol–water partition coefficient (Wildman–Crippen LogP) is 3.48. The molecule has 1 unspecified atom stereocenters. The molecule has 33 heavy (non-hydrogen) atoms. The summed E-state index contributed by atoms with van der Waals surface area (Å²) in [6.45, 7) is 5.01. The van der Waals surface area contributed by atoms with Gasteiger partial charge in [-0.25, -0.2) is 0 Å². The summed E-state index contributed by atoms with van der Waals surface area (Å²) in [4.78, 5) is 34.2. The Morgan fingerprint density at radius 2 is 1.79 bits per heavy atom. The summed E-state index contributed by atoms with van der Waals surface area (Å²) in [5, 5.41) is 5.91. The predicted molar refractivity (Wildman–Crippen MR) is 131 cm³/mol. The molecule has 1 aliphatic rings. The third-order valence-electron chi connectivity index (χ3n) is 5.86. The van der Waals surface area contributed by atoms with Crippen molar-refractivity contribution in [3.05, 3.63) is 81.8 Å². The van der Waals surface area contributed by atoms with Gasteiger partial charge in [-0.15, -0.1) is 11.3 Å². The van der Waals surface area contributed by atoms with Gasteiger partial charge in [0.2, 0.25) is 5.91 Å². The lowest BCUT2D eigenvalue weighted by Crippen LogP contribution is -2.46. The summed E-state index contributed by atoms with van der Waals surface area (Å²) in [6, 6.07) is 14.0. The SMILES string of the molecule is Cc1ccc(CN2CCC(NC(=O)C(N)c3ccc(C(=O)Nc4ccncc4)cc3)CC2)s1. The van der Waals surface area contributed by atoms with Gasteiger partial charge >= 0.3 is 0 Å². The van der Waals surface area contributed by atoms with Crippen LogP contribution in [-0.2, 0) is 11.3 Å². The number of hydrogen-bond donors (Lipinski definition) is 3. The van der Waals surface area contributed by atoms with Crippen molar-refractivity contribution < 1.29 is 9.59 Å². The summed E-state index contributed by atoms with van der Waals surface area (Å²) in [5.74, 6) is -0.411. The van der Waals surface area contributed by atoms with Gasteiger partial charge in [0.15, 0.2) is 0 Å². The van der Waals surface area contributed by atoms with Crippen LogP contribution in [0, 0.1) is 6.92 Å². The van der Waals surface area contributed by atoms with Crippen LogP contribution >= 0.6 is 11.3 Å². The summed E-state index contributed by atoms with van der Waals surface area (Å²) < 4.78 is 0. The quantitative estimate of drug-likeness (QED) is 0.498. The zero-order valence-corrected chi connectivity index (χ0v) is 19.5. The van der Waals surface area contributed by atoms with E-state index in [0.717, 1.165) is 32.5 Å². The van der Waals surface area contributed by atoms with Crippen LogP contribution in [0.2, 0.25) is 0 Å². The average Bonchev–Trinajstić information content (AvgIpc) is 3.25. The Morgan fingerprint density at radius 3 is 2.42 bits per heavy atom. The van der Waals surface area contributed by atoms with Crippen LogP contribution < -0.4 is 16.4 Å². The van der Waals surface area contributed by atoms with E-state index in [9.17, 15) is 9.59 Å². The number of thiophene rings is 1. The number of nitrogens with zero attached hydrogens (tertiary/aromatic N) is 2. The number of likely N-dealkylation sites (tertiary alicyclic amines) is 1. The van der Waals surface area contributed by atoms with Gasteiger partial charge in [0.25, 0.3) is 5.91 Å². The second-order valence-electron chi connectivity index (χ2n) is 8.36. The van der Waals surface area contributed by atoms with E-state index in [1.165, 1.54) is 9.75 Å². The molecular weight excluding hydrogens is 434 g/mol. The summed E-state index contributed by atoms with van der Waals surface area (Å²) in [7, 11) is 0. The zero-order valence-electron chi connectivity index (χ0n) is 18.7. The molecule has 0 saturated carbocycles. The molecule has 4 rings (SSSR count). The molecule has 8 heteroatoms. The summed E-state index contributed by atoms with van der Waals surface area (Å²) in [5.41, 5.74) is 8.06. The van der Waals surface area contributed by atoms with E-state index < -0.39 is 6.04 Å². The van der Waals surface area contributed by atoms with E-state index in [0.29, 0.717) is 16.8 Å². The van der Waals surface area contributed by atoms with E-state index in [4.69, 9.17) is 5.73 Å². The molecule has 172 valence electrons. The molecular formula is C25H29N5O2S. The minimum Gasteiger partial charge on any atom is -0.352 e. The van der Waals surface area contributed by atoms with Crippen molar-refractivity contribution in [2.24, 2.45) is 5.73 Å². The maximum Gasteiger partial charge on any atom is 0.255 e. The molecule has 1 fully saturated rings. The number of nitrogens with two attached hydrogens (primary N) is 1. The molecule has 1 aromatic carbocycles. The number of amides is 2. The van der Waals surface area contributed by atoms with Crippen LogP contribution in [0.5, 0.6) is 0 Å². The molecule has 7 nitrogen and oxygen atoms in total. The third kappa shape index (κ3) is 6.25. The maximum absolute atomic E-state index is 12.7. The van der Waals surface area contributed by atoms with Gasteiger partial charge in [-0.1, -0.05) is 12.1 Å². The van der Waals surface area contributed by atoms with Crippen LogP contribution in [0.1, 0.15) is 44.6 Å². The number of aryl methyl sites for hydroxylation is 1. The number of pyridine rings is 1. The molecule has 2 amide bonds. The first-order chi connectivity index (χ1) is 16.0. The normalized spacial score (nSPS) is 15.7. The van der Waals surface area contributed by atoms with Crippen LogP contribution in [-0.4, -0.2) is 40.8 Å². The van der Waals surface area contributed by atoms with Gasteiger partial charge in [0.1, 0.15) is 6.04 Å². The van der Waals surface area contributed by atoms with Crippen molar-refractivity contribution in [1.29, 1.82) is 0 Å². The number of carbonyl (C=O) groups excluding carboxylic acids is 2. The first-order valence-corrected chi connectivity index (χ1v) is 11.9. The molecule has 3 aromatic rings. The molecule has 0 bridgehead atoms. The van der Waals surface area contributed by atoms with Gasteiger partial charge in [0, 0.05) is 59.1 Å². The van der Waals surface area contributed by atoms with Crippen molar-refractivity contribution in [2.75, 3.05) is 18.4 Å². The molecule has 0 radical (unpaired) electrons. The van der Waals surface area contributed by atoms with Crippen LogP contribution in [0.15, 0.2) is 60.9 Å². The van der Waals surface area contributed by atoms with Crippen molar-refractivity contribution in [2.45, 2.75) is 38.4 Å². The van der Waals surface area contributed by atoms with Crippen molar-refractivity contribution in [3.8, 4) is 0 Å². The fraction of sp³-hybridized carbons (Fsp3) is 0.320. The second kappa shape index (κ2) is 10.7. The lowest BCUT2D eigenvalue weighted by atomic mass is 10.0. The number of rotatable bonds is 7. The smallest absolute Gasteiger partial charge is 0.255 e. The largest absolute Gasteiger partial charge is 0.352 e. The van der Waals surface area contributed by atoms with Gasteiger partial charge in [0.05, 0.1) is 0 Å². The third-order valence-corrected chi connectivity index (χ3v) is 6.85. The fourth-order valence-corrected chi connectivity index (χ4v) is 4.88. The van der Waals surface area contributed by atoms with Crippen LogP contribution in [0.25, 0.3) is 0 Å². The number of anilines is 1. The Kier molecular flexibility index (Phi) is 7.49. The van der Waals surface area contributed by atoms with E-state index in [1.807, 2.05) is 11.3 Å². The van der Waals surface area contributed by atoms with Gasteiger partial charge in [-0.2, -0.15) is 0 Å². The number of hydrogen-bond acceptors (Lipinski definition) is 6. The number of carbonyl (C=O) groups is 2. The lowest BCUT2D eigenvalue weighted by molar-refractivity contribution is -0.123. The van der Waals surface area contributed by atoms with Gasteiger partial charge < -0.3 is 16.4 Å². The van der Waals surface area contributed by atoms with E-state index in [1.54, 1.807) is 48.8 Å².